The number of aromatic hydroxyl groups is 1. The SMILES string of the molecule is COc1ccc(C2(O)CC3CCC(C2)N3Cc2cc(OC)c(O)cc2Cl)cc1.O=C(O)CC(O)(CC(=O)O)C(=O)O. The predicted octanol–water partition coefficient (Wildman–Crippen LogP) is 2.83. The first-order valence-corrected chi connectivity index (χ1v) is 13.2. The normalized spacial score (nSPS) is 21.9. The Morgan fingerprint density at radius 1 is 0.976 bits per heavy atom. The van der Waals surface area contributed by atoms with Crippen LogP contribution in [0.5, 0.6) is 17.2 Å². The Hall–Kier alpha value is -3.58. The van der Waals surface area contributed by atoms with E-state index < -0.39 is 42.0 Å². The van der Waals surface area contributed by atoms with Gasteiger partial charge in [0.2, 0.25) is 0 Å². The van der Waals surface area contributed by atoms with E-state index in [9.17, 15) is 24.6 Å². The van der Waals surface area contributed by atoms with E-state index in [-0.39, 0.29) is 5.75 Å². The van der Waals surface area contributed by atoms with Crippen molar-refractivity contribution in [1.29, 1.82) is 0 Å². The minimum atomic E-state index is -2.74. The fraction of sp³-hybridized carbons (Fsp3) is 0.464. The van der Waals surface area contributed by atoms with Gasteiger partial charge in [-0.25, -0.2) is 4.79 Å². The summed E-state index contributed by atoms with van der Waals surface area (Å²) >= 11 is 6.37. The molecule has 2 aromatic rings. The lowest BCUT2D eigenvalue weighted by Crippen LogP contribution is -2.49. The average Bonchev–Trinajstić information content (AvgIpc) is 3.13. The first-order chi connectivity index (χ1) is 19.2. The fourth-order valence-corrected chi connectivity index (χ4v) is 5.71. The van der Waals surface area contributed by atoms with Gasteiger partial charge in [-0.2, -0.15) is 0 Å². The molecule has 6 N–H and O–H groups in total. The molecule has 2 bridgehead atoms. The van der Waals surface area contributed by atoms with Crippen molar-refractivity contribution in [2.75, 3.05) is 14.2 Å². The summed E-state index contributed by atoms with van der Waals surface area (Å²) in [5, 5.41) is 55.6. The molecule has 0 radical (unpaired) electrons. The number of ether oxygens (including phenoxy) is 2. The lowest BCUT2D eigenvalue weighted by Gasteiger charge is -2.44. The Bertz CT molecular complexity index is 1240. The summed E-state index contributed by atoms with van der Waals surface area (Å²) in [7, 11) is 3.18. The lowest BCUT2D eigenvalue weighted by molar-refractivity contribution is -0.170. The van der Waals surface area contributed by atoms with Gasteiger partial charge in [0.1, 0.15) is 5.75 Å². The first-order valence-electron chi connectivity index (χ1n) is 12.8. The molecule has 2 atom stereocenters. The minimum Gasteiger partial charge on any atom is -0.504 e. The van der Waals surface area contributed by atoms with Crippen molar-refractivity contribution < 1.29 is 54.5 Å². The molecular formula is C28H34ClNO11. The number of halogens is 1. The van der Waals surface area contributed by atoms with Crippen molar-refractivity contribution in [2.24, 2.45) is 0 Å². The van der Waals surface area contributed by atoms with Gasteiger partial charge in [0.15, 0.2) is 17.1 Å². The molecule has 2 unspecified atom stereocenters. The van der Waals surface area contributed by atoms with Gasteiger partial charge >= 0.3 is 17.9 Å². The van der Waals surface area contributed by atoms with Crippen molar-refractivity contribution in [3.63, 3.8) is 0 Å². The third-order valence-electron chi connectivity index (χ3n) is 7.53. The molecule has 0 aliphatic carbocycles. The number of rotatable bonds is 10. The number of carboxylic acids is 3. The van der Waals surface area contributed by atoms with Crippen molar-refractivity contribution in [3.05, 3.63) is 52.5 Å². The van der Waals surface area contributed by atoms with Gasteiger partial charge in [0, 0.05) is 29.7 Å². The molecule has 41 heavy (non-hydrogen) atoms. The van der Waals surface area contributed by atoms with E-state index in [4.69, 9.17) is 41.5 Å². The van der Waals surface area contributed by atoms with Gasteiger partial charge in [-0.3, -0.25) is 14.5 Å². The molecule has 0 saturated carbocycles. The maximum atomic E-state index is 11.4. The molecule has 2 fully saturated rings. The summed E-state index contributed by atoms with van der Waals surface area (Å²) in [6.07, 6.45) is 1.24. The number of fused-ring (bicyclic) bond motifs is 2. The van der Waals surface area contributed by atoms with E-state index in [2.05, 4.69) is 4.90 Å². The number of hydrogen-bond donors (Lipinski definition) is 6. The van der Waals surface area contributed by atoms with Crippen LogP contribution in [0.3, 0.4) is 0 Å². The van der Waals surface area contributed by atoms with Crippen LogP contribution < -0.4 is 9.47 Å². The van der Waals surface area contributed by atoms with Crippen LogP contribution in [-0.2, 0) is 26.5 Å². The largest absolute Gasteiger partial charge is 0.504 e. The summed E-state index contributed by atoms with van der Waals surface area (Å²) in [6, 6.07) is 11.7. The van der Waals surface area contributed by atoms with Crippen LogP contribution in [0.15, 0.2) is 36.4 Å². The zero-order chi connectivity index (χ0) is 30.5. The van der Waals surface area contributed by atoms with Crippen LogP contribution in [0.25, 0.3) is 0 Å². The Balaban J connectivity index is 0.000000302. The van der Waals surface area contributed by atoms with Gasteiger partial charge in [-0.05, 0) is 55.0 Å². The van der Waals surface area contributed by atoms with Crippen LogP contribution in [-0.4, -0.2) is 85.4 Å². The van der Waals surface area contributed by atoms with Crippen LogP contribution in [0.4, 0.5) is 0 Å². The third-order valence-corrected chi connectivity index (χ3v) is 7.88. The van der Waals surface area contributed by atoms with E-state index in [1.165, 1.54) is 13.2 Å². The number of carboxylic acid groups (broad SMARTS) is 3. The Kier molecular flexibility index (Phi) is 10.1. The zero-order valence-corrected chi connectivity index (χ0v) is 23.4. The van der Waals surface area contributed by atoms with Crippen molar-refractivity contribution in [1.82, 2.24) is 4.90 Å². The number of piperidine rings is 1. The van der Waals surface area contributed by atoms with E-state index in [0.717, 1.165) is 29.7 Å². The molecule has 2 aliphatic rings. The highest BCUT2D eigenvalue weighted by molar-refractivity contribution is 6.31. The number of nitrogens with zero attached hydrogens (tertiary/aromatic N) is 1. The maximum absolute atomic E-state index is 11.4. The summed E-state index contributed by atoms with van der Waals surface area (Å²) in [5.74, 6) is -3.75. The number of carbonyl (C=O) groups is 3. The summed E-state index contributed by atoms with van der Waals surface area (Å²) in [4.78, 5) is 32.9. The predicted molar refractivity (Wildman–Crippen MR) is 145 cm³/mol. The minimum absolute atomic E-state index is 0.0479. The lowest BCUT2D eigenvalue weighted by atomic mass is 9.80. The molecular weight excluding hydrogens is 562 g/mol. The molecule has 0 spiro atoms. The molecule has 4 rings (SSSR count). The van der Waals surface area contributed by atoms with E-state index in [0.29, 0.717) is 42.2 Å². The van der Waals surface area contributed by atoms with Gasteiger partial charge < -0.3 is 40.1 Å². The first kappa shape index (κ1) is 31.9. The Morgan fingerprint density at radius 3 is 1.95 bits per heavy atom. The quantitative estimate of drug-likeness (QED) is 0.235. The third kappa shape index (κ3) is 7.59. The van der Waals surface area contributed by atoms with Gasteiger partial charge in [0.05, 0.1) is 32.7 Å². The maximum Gasteiger partial charge on any atom is 0.336 e. The van der Waals surface area contributed by atoms with E-state index >= 15 is 0 Å². The number of benzene rings is 2. The second-order valence-electron chi connectivity index (χ2n) is 10.3. The second kappa shape index (κ2) is 12.9. The summed E-state index contributed by atoms with van der Waals surface area (Å²) < 4.78 is 10.5. The fourth-order valence-electron chi connectivity index (χ4n) is 5.49. The molecule has 2 heterocycles. The second-order valence-corrected chi connectivity index (χ2v) is 10.7. The standard InChI is InChI=1S/C22H26ClNO4.C6H8O7/c1-27-18-7-3-15(4-8-18)22(26)11-16-5-6-17(12-22)24(16)13-14-9-21(28-2)20(25)10-19(14)23;7-3(8)1-6(13,5(11)12)2-4(9)10/h3-4,7-10,16-17,25-26H,5-6,11-13H2,1-2H3;13H,1-2H2,(H,7,8)(H,9,10)(H,11,12). The Morgan fingerprint density at radius 2 is 1.51 bits per heavy atom. The number of phenols is 1. The summed E-state index contributed by atoms with van der Waals surface area (Å²) in [6.45, 7) is 0.684. The molecule has 2 aliphatic heterocycles. The molecule has 224 valence electrons. The van der Waals surface area contributed by atoms with Crippen molar-refractivity contribution >= 4 is 29.5 Å². The van der Waals surface area contributed by atoms with Gasteiger partial charge in [-0.1, -0.05) is 23.7 Å². The molecule has 2 saturated heterocycles. The topological polar surface area (TPSA) is 194 Å². The zero-order valence-electron chi connectivity index (χ0n) is 22.6. The molecule has 0 aromatic heterocycles. The van der Waals surface area contributed by atoms with Crippen LogP contribution >= 0.6 is 11.6 Å². The number of phenolic OH excluding ortho intramolecular Hbond substituents is 1. The highest BCUT2D eigenvalue weighted by Crippen LogP contribution is 2.47. The number of aliphatic hydroxyl groups is 2. The van der Waals surface area contributed by atoms with Gasteiger partial charge in [0.25, 0.3) is 0 Å². The van der Waals surface area contributed by atoms with E-state index in [1.54, 1.807) is 13.2 Å². The molecule has 12 nitrogen and oxygen atoms in total. The molecule has 13 heteroatoms. The van der Waals surface area contributed by atoms with E-state index in [1.807, 2.05) is 24.3 Å². The van der Waals surface area contributed by atoms with Crippen LogP contribution in [0.2, 0.25) is 5.02 Å². The number of aliphatic carboxylic acids is 3. The van der Waals surface area contributed by atoms with Gasteiger partial charge in [-0.15, -0.1) is 0 Å². The van der Waals surface area contributed by atoms with Crippen molar-refractivity contribution in [3.8, 4) is 17.2 Å². The molecule has 0 amide bonds. The summed E-state index contributed by atoms with van der Waals surface area (Å²) in [5.41, 5.74) is -1.67. The smallest absolute Gasteiger partial charge is 0.336 e. The van der Waals surface area contributed by atoms with Crippen LogP contribution in [0, 0.1) is 0 Å². The monoisotopic (exact) mass is 595 g/mol. The number of methoxy groups -OCH3 is 2. The highest BCUT2D eigenvalue weighted by Gasteiger charge is 2.48. The number of hydrogen-bond acceptors (Lipinski definition) is 9. The average molecular weight is 596 g/mol. The van der Waals surface area contributed by atoms with Crippen molar-refractivity contribution in [2.45, 2.75) is 68.4 Å². The van der Waals surface area contributed by atoms with Crippen LogP contribution in [0.1, 0.15) is 49.7 Å². The highest BCUT2D eigenvalue weighted by atomic mass is 35.5. The Labute approximate surface area is 241 Å². The molecule has 2 aromatic carbocycles.